The molecule has 0 radical (unpaired) electrons. The molecule has 3 saturated heterocycles. The van der Waals surface area contributed by atoms with Crippen LogP contribution in [0, 0.1) is 40.9 Å². The van der Waals surface area contributed by atoms with Gasteiger partial charge in [-0.2, -0.15) is 10.4 Å². The smallest absolute Gasteiger partial charge is 0.243 e. The zero-order valence-corrected chi connectivity index (χ0v) is 41.9. The number of ether oxygens (including phenoxy) is 1. The molecule has 2 aromatic carbocycles. The Morgan fingerprint density at radius 1 is 0.958 bits per heavy atom. The molecule has 4 aliphatic rings. The van der Waals surface area contributed by atoms with Gasteiger partial charge >= 0.3 is 0 Å². The van der Waals surface area contributed by atoms with Crippen LogP contribution in [-0.4, -0.2) is 121 Å². The van der Waals surface area contributed by atoms with Gasteiger partial charge in [-0.3, -0.25) is 14.3 Å². The molecule has 378 valence electrons. The zero-order chi connectivity index (χ0) is 50.7. The van der Waals surface area contributed by atoms with E-state index in [1.807, 2.05) is 49.8 Å². The van der Waals surface area contributed by atoms with Crippen molar-refractivity contribution < 1.29 is 29.1 Å². The number of likely N-dealkylation sites (tertiary alicyclic amines) is 2. The topological polar surface area (TPSA) is 225 Å². The molecule has 4 fully saturated rings. The zero-order valence-electron chi connectivity index (χ0n) is 41.9. The molecule has 17 heteroatoms. The number of aromatic hydroxyl groups is 1. The normalized spacial score (nSPS) is 21.9. The number of para-hydroxylation sites is 1. The van der Waals surface area contributed by atoms with Gasteiger partial charge in [0.2, 0.25) is 11.8 Å². The number of nitrogens with one attached hydrogen (secondary N) is 1. The average Bonchev–Trinajstić information content (AvgIpc) is 4.15. The van der Waals surface area contributed by atoms with Crippen molar-refractivity contribution in [1.29, 1.82) is 5.26 Å². The number of piperidine rings is 2. The Kier molecular flexibility index (Phi) is 15.0. The molecule has 4 atom stereocenters. The van der Waals surface area contributed by atoms with Gasteiger partial charge in [0.15, 0.2) is 17.4 Å². The van der Waals surface area contributed by atoms with E-state index in [-0.39, 0.29) is 66.4 Å². The molecule has 0 bridgehead atoms. The quantitative estimate of drug-likeness (QED) is 0.0856. The third-order valence-electron chi connectivity index (χ3n) is 15.0. The summed E-state index contributed by atoms with van der Waals surface area (Å²) in [5, 5.41) is 50.6. The second kappa shape index (κ2) is 21.5. The first kappa shape index (κ1) is 50.2. The number of nitrogens with zero attached hydrogens (tertiary/aromatic N) is 9. The lowest BCUT2D eigenvalue weighted by atomic mass is 9.82. The maximum absolute atomic E-state index is 14.2. The van der Waals surface area contributed by atoms with Gasteiger partial charge in [0.05, 0.1) is 47.9 Å². The maximum atomic E-state index is 14.2. The Hall–Kier alpha value is -6.79. The van der Waals surface area contributed by atoms with E-state index in [0.29, 0.717) is 34.1 Å². The van der Waals surface area contributed by atoms with Crippen molar-refractivity contribution in [2.45, 2.75) is 121 Å². The third-order valence-corrected chi connectivity index (χ3v) is 15.0. The summed E-state index contributed by atoms with van der Waals surface area (Å²) in [6.45, 7) is 14.8. The number of phenols is 1. The summed E-state index contributed by atoms with van der Waals surface area (Å²) < 4.78 is 14.3. The van der Waals surface area contributed by atoms with Crippen LogP contribution in [0.2, 0.25) is 0 Å². The first-order valence-corrected chi connectivity index (χ1v) is 25.5. The van der Waals surface area contributed by atoms with Crippen LogP contribution in [0.3, 0.4) is 0 Å². The van der Waals surface area contributed by atoms with E-state index in [1.165, 1.54) is 4.90 Å². The third kappa shape index (κ3) is 11.3. The van der Waals surface area contributed by atoms with E-state index >= 15 is 0 Å². The number of aromatic nitrogens is 5. The average molecular weight is 978 g/mol. The summed E-state index contributed by atoms with van der Waals surface area (Å²) in [7, 11) is 0. The minimum atomic E-state index is -0.825. The lowest BCUT2D eigenvalue weighted by Gasteiger charge is -2.40. The molecule has 72 heavy (non-hydrogen) atoms. The van der Waals surface area contributed by atoms with Crippen LogP contribution in [0.15, 0.2) is 77.6 Å². The van der Waals surface area contributed by atoms with Gasteiger partial charge in [0.1, 0.15) is 23.2 Å². The molecular formula is C55H67N11O6. The van der Waals surface area contributed by atoms with E-state index in [0.717, 1.165) is 88.2 Å². The van der Waals surface area contributed by atoms with Crippen LogP contribution >= 0.6 is 0 Å². The largest absolute Gasteiger partial charge is 0.507 e. The van der Waals surface area contributed by atoms with E-state index in [4.69, 9.17) is 20.3 Å². The minimum absolute atomic E-state index is 0.0638. The number of amides is 2. The summed E-state index contributed by atoms with van der Waals surface area (Å²) in [6.07, 6.45) is 9.53. The van der Waals surface area contributed by atoms with Crippen molar-refractivity contribution in [2.75, 3.05) is 49.9 Å². The van der Waals surface area contributed by atoms with Crippen molar-refractivity contribution in [3.8, 4) is 46.0 Å². The number of anilines is 2. The van der Waals surface area contributed by atoms with Gasteiger partial charge in [-0.25, -0.2) is 0 Å². The van der Waals surface area contributed by atoms with Gasteiger partial charge in [-0.1, -0.05) is 55.1 Å². The number of carbonyl (C=O) groups is 2. The van der Waals surface area contributed by atoms with Crippen LogP contribution < -0.4 is 16.0 Å². The number of aliphatic hydroxyl groups is 1. The highest BCUT2D eigenvalue weighted by Gasteiger charge is 2.44. The molecule has 3 aromatic heterocycles. The molecule has 0 unspecified atom stereocenters. The standard InChI is InChI=1S/C55H67N11O6/c1-34(2)51(54(70)65-33-41(67)26-47(65)53(69)59-35(3)39-12-10-36(29-56)11-13-39)49-28-50(62-72-49)64-22-15-37(16-23-64)31-63-20-17-42(18-21-63)71-43-24-38(25-43)14-19-55(4,5)66-32-40(30-58-66)45-27-46(60-61-52(45)57)44-8-6-7-9-48(44)68/h6-13,27-28,30,32,34-35,37-38,41-43,47,51,67-68H,15-18,20-26,31,33H2,1-5H3,(H2,57,61)(H,59,69)/t35-,38?,41+,43?,47-,51+/m0/s1. The van der Waals surface area contributed by atoms with Gasteiger partial charge in [-0.05, 0) is 107 Å². The Bertz CT molecular complexity index is 2800. The van der Waals surface area contributed by atoms with Gasteiger partial charge < -0.3 is 45.2 Å². The highest BCUT2D eigenvalue weighted by Crippen LogP contribution is 2.37. The number of phenolic OH excluding ortho intramolecular Hbond substituents is 1. The van der Waals surface area contributed by atoms with Gasteiger partial charge in [0.25, 0.3) is 0 Å². The Balaban J connectivity index is 0.698. The van der Waals surface area contributed by atoms with Crippen molar-refractivity contribution in [3.63, 3.8) is 0 Å². The molecule has 1 aliphatic carbocycles. The molecule has 5 aromatic rings. The van der Waals surface area contributed by atoms with Crippen LogP contribution in [0.4, 0.5) is 11.6 Å². The molecule has 3 aliphatic heterocycles. The van der Waals surface area contributed by atoms with Crippen molar-refractivity contribution in [2.24, 2.45) is 17.8 Å². The highest BCUT2D eigenvalue weighted by molar-refractivity contribution is 5.91. The van der Waals surface area contributed by atoms with Crippen molar-refractivity contribution in [3.05, 3.63) is 89.9 Å². The Morgan fingerprint density at radius 2 is 1.69 bits per heavy atom. The van der Waals surface area contributed by atoms with Gasteiger partial charge in [-0.15, -0.1) is 10.2 Å². The highest BCUT2D eigenvalue weighted by atomic mass is 16.5. The van der Waals surface area contributed by atoms with Crippen LogP contribution in [0.25, 0.3) is 22.4 Å². The predicted octanol–water partition coefficient (Wildman–Crippen LogP) is 6.65. The molecule has 1 saturated carbocycles. The molecule has 6 heterocycles. The predicted molar refractivity (Wildman–Crippen MR) is 272 cm³/mol. The Morgan fingerprint density at radius 3 is 2.40 bits per heavy atom. The summed E-state index contributed by atoms with van der Waals surface area (Å²) in [5.74, 6) is 8.03. The summed E-state index contributed by atoms with van der Waals surface area (Å²) >= 11 is 0. The van der Waals surface area contributed by atoms with Crippen LogP contribution in [0.1, 0.15) is 108 Å². The fraction of sp³-hybridized carbons (Fsp3) is 0.509. The summed E-state index contributed by atoms with van der Waals surface area (Å²) in [4.78, 5) is 34.2. The number of nitriles is 1. The van der Waals surface area contributed by atoms with E-state index in [2.05, 4.69) is 67.3 Å². The van der Waals surface area contributed by atoms with Gasteiger partial charge in [0, 0.05) is 80.6 Å². The van der Waals surface area contributed by atoms with Crippen LogP contribution in [0.5, 0.6) is 5.75 Å². The first-order chi connectivity index (χ1) is 34.6. The fourth-order valence-electron chi connectivity index (χ4n) is 10.6. The number of aliphatic hydroxyl groups excluding tert-OH is 1. The maximum Gasteiger partial charge on any atom is 0.243 e. The number of benzene rings is 2. The Labute approximate surface area is 421 Å². The van der Waals surface area contributed by atoms with Crippen molar-refractivity contribution >= 4 is 23.5 Å². The number of rotatable bonds is 14. The summed E-state index contributed by atoms with van der Waals surface area (Å²) in [6, 6.07) is 18.7. The van der Waals surface area contributed by atoms with E-state index in [1.54, 1.807) is 48.7 Å². The molecule has 5 N–H and O–H groups in total. The number of β-amino-alcohol motifs (C(OH)–C–C–N with tert-alkyl or cyclic N) is 1. The molecular weight excluding hydrogens is 911 g/mol. The fourth-order valence-corrected chi connectivity index (χ4v) is 10.6. The first-order valence-electron chi connectivity index (χ1n) is 25.5. The number of nitrogens with two attached hydrogens (primary N) is 1. The van der Waals surface area contributed by atoms with E-state index in [9.17, 15) is 19.8 Å². The number of carbonyl (C=O) groups excluding carboxylic acids is 2. The number of hydrogen-bond donors (Lipinski definition) is 4. The molecule has 2 amide bonds. The van der Waals surface area contributed by atoms with E-state index < -0.39 is 23.6 Å². The van der Waals surface area contributed by atoms with Crippen LogP contribution in [-0.2, 0) is 19.9 Å². The van der Waals surface area contributed by atoms with Crippen molar-refractivity contribution in [1.82, 2.24) is 40.3 Å². The summed E-state index contributed by atoms with van der Waals surface area (Å²) in [5.41, 5.74) is 9.65. The SMILES string of the molecule is CC(C)[C@@H](C(=O)N1C[C@H](O)C[C@H]1C(=O)N[C@@H](C)c1ccc(C#N)cc1)c1cc(N2CCC(CN3CCC(OC4CC(C#CC(C)(C)n5cc(-c6cc(-c7ccccc7O)nnc6N)cn5)C4)CC3)CC2)no1. The molecule has 17 nitrogen and oxygen atoms in total. The number of hydrogen-bond acceptors (Lipinski definition) is 14. The minimum Gasteiger partial charge on any atom is -0.507 e. The lowest BCUT2D eigenvalue weighted by molar-refractivity contribution is -0.141. The second-order valence-corrected chi connectivity index (χ2v) is 21.1. The lowest BCUT2D eigenvalue weighted by Crippen LogP contribution is -2.48. The second-order valence-electron chi connectivity index (χ2n) is 21.1. The monoisotopic (exact) mass is 978 g/mol. The molecule has 0 spiro atoms. The number of nitrogen functional groups attached to an aromatic ring is 1. The molecule has 9 rings (SSSR count).